The van der Waals surface area contributed by atoms with E-state index in [1.54, 1.807) is 6.08 Å². The van der Waals surface area contributed by atoms with Crippen molar-refractivity contribution in [2.45, 2.75) is 95.4 Å². The van der Waals surface area contributed by atoms with Gasteiger partial charge < -0.3 is 5.32 Å². The molecule has 0 atom stereocenters. The highest BCUT2D eigenvalue weighted by molar-refractivity contribution is 6.54. The Balaban J connectivity index is 1.76. The van der Waals surface area contributed by atoms with Gasteiger partial charge in [0.2, 0.25) is 0 Å². The van der Waals surface area contributed by atoms with E-state index in [-0.39, 0.29) is 27.7 Å². The van der Waals surface area contributed by atoms with Gasteiger partial charge in [0, 0.05) is 18.9 Å². The fraction of sp³-hybridized carbons (Fsp3) is 0.714. The second-order valence-electron chi connectivity index (χ2n) is 10.3. The Morgan fingerprint density at radius 2 is 1.79 bits per heavy atom. The van der Waals surface area contributed by atoms with Gasteiger partial charge in [-0.15, -0.1) is 0 Å². The number of allylic oxidation sites excluding steroid dienone is 4. The van der Waals surface area contributed by atoms with Crippen LogP contribution in [0.4, 0.5) is 0 Å². The number of hydroxylamine groups is 2. The fourth-order valence-corrected chi connectivity index (χ4v) is 5.77. The second kappa shape index (κ2) is 6.74. The highest BCUT2D eigenvalue weighted by atomic mass is 16.6. The van der Waals surface area contributed by atoms with E-state index in [9.17, 15) is 15.3 Å². The summed E-state index contributed by atoms with van der Waals surface area (Å²) < 4.78 is 0. The van der Waals surface area contributed by atoms with Crippen LogP contribution in [0.1, 0.15) is 72.6 Å². The molecule has 2 fully saturated rings. The third-order valence-corrected chi connectivity index (χ3v) is 6.52. The Morgan fingerprint density at radius 1 is 1.17 bits per heavy atom. The van der Waals surface area contributed by atoms with Gasteiger partial charge in [0.1, 0.15) is 5.71 Å². The van der Waals surface area contributed by atoms with Gasteiger partial charge in [0.05, 0.1) is 27.7 Å². The maximum atomic E-state index is 11.8. The molecule has 8 heteroatoms. The topological polar surface area (TPSA) is 108 Å². The zero-order valence-electron chi connectivity index (χ0n) is 17.8. The number of fused-ring (bicyclic) bond motifs is 1. The van der Waals surface area contributed by atoms with Crippen molar-refractivity contribution in [3.05, 3.63) is 33.7 Å². The van der Waals surface area contributed by atoms with Crippen LogP contribution in [0.3, 0.4) is 0 Å². The quantitative estimate of drug-likeness (QED) is 0.420. The highest BCUT2D eigenvalue weighted by Gasteiger charge is 2.49. The number of aliphatic imine (C=N–C) groups is 2. The number of hydrogen-bond donors (Lipinski definition) is 2. The van der Waals surface area contributed by atoms with Crippen molar-refractivity contribution in [1.29, 1.82) is 0 Å². The molecular formula is C21H32N5O3+. The summed E-state index contributed by atoms with van der Waals surface area (Å²) in [6.07, 6.45) is 9.37. The lowest BCUT2D eigenvalue weighted by atomic mass is 9.79. The van der Waals surface area contributed by atoms with E-state index >= 15 is 0 Å². The van der Waals surface area contributed by atoms with E-state index in [1.807, 2.05) is 0 Å². The van der Waals surface area contributed by atoms with E-state index in [0.29, 0.717) is 17.1 Å². The third kappa shape index (κ3) is 3.64. The normalized spacial score (nSPS) is 29.3. The number of rotatable bonds is 2. The van der Waals surface area contributed by atoms with Gasteiger partial charge in [-0.3, -0.25) is 25.3 Å². The first-order valence-corrected chi connectivity index (χ1v) is 10.6. The standard InChI is InChI=1S/C21H31N5O3/c1-19(2)12-14(13-20(3,4)24-19)22-17-16(26(28)29)9-8-15-18(17)23-21(25(15)27)10-6-5-7-11-21/h8-9,14,24,27H,5-7,10-13H2,1-4H3/p+1. The smallest absolute Gasteiger partial charge is 0.296 e. The molecule has 0 aromatic rings. The van der Waals surface area contributed by atoms with Crippen LogP contribution in [0.15, 0.2) is 33.5 Å². The molecule has 1 saturated heterocycles. The molecule has 0 amide bonds. The molecule has 0 unspecified atom stereocenters. The lowest BCUT2D eigenvalue weighted by molar-refractivity contribution is -0.787. The molecule has 4 aliphatic rings. The van der Waals surface area contributed by atoms with Gasteiger partial charge >= 0.3 is 0 Å². The van der Waals surface area contributed by atoms with E-state index in [0.717, 1.165) is 44.9 Å². The molecular weight excluding hydrogens is 370 g/mol. The largest absolute Gasteiger partial charge is 0.337 e. The maximum absolute atomic E-state index is 11.8. The molecule has 2 heterocycles. The van der Waals surface area contributed by atoms with Gasteiger partial charge in [0.15, 0.2) is 11.4 Å². The van der Waals surface area contributed by atoms with Crippen molar-refractivity contribution in [1.82, 2.24) is 5.06 Å². The van der Waals surface area contributed by atoms with Gasteiger partial charge in [-0.25, -0.2) is 5.06 Å². The van der Waals surface area contributed by atoms with Crippen molar-refractivity contribution in [2.24, 2.45) is 9.98 Å². The minimum absolute atomic E-state index is 0.00734. The summed E-state index contributed by atoms with van der Waals surface area (Å²) >= 11 is 0. The average Bonchev–Trinajstić information content (AvgIpc) is 2.85. The maximum Gasteiger partial charge on any atom is 0.296 e. The minimum atomic E-state index is -0.695. The number of piperidine rings is 1. The average molecular weight is 403 g/mol. The second-order valence-corrected chi connectivity index (χ2v) is 10.3. The Kier molecular flexibility index (Phi) is 4.70. The monoisotopic (exact) mass is 402 g/mol. The molecule has 1 spiro atoms. The number of hydrogen-bond acceptors (Lipinski definition) is 6. The molecule has 0 bridgehead atoms. The molecule has 8 nitrogen and oxygen atoms in total. The minimum Gasteiger partial charge on any atom is -0.337 e. The Hall–Kier alpha value is -2.06. The molecule has 0 aromatic heterocycles. The summed E-state index contributed by atoms with van der Waals surface area (Å²) in [5.74, 6) is 0. The fourth-order valence-electron chi connectivity index (χ4n) is 5.77. The molecule has 0 aromatic carbocycles. The lowest BCUT2D eigenvalue weighted by Gasteiger charge is -2.41. The van der Waals surface area contributed by atoms with Crippen LogP contribution in [0.2, 0.25) is 0 Å². The Morgan fingerprint density at radius 3 is 2.38 bits per heavy atom. The summed E-state index contributed by atoms with van der Waals surface area (Å²) in [4.78, 5) is 21.2. The number of nitrogens with two attached hydrogens (primary N) is 1. The van der Waals surface area contributed by atoms with Crippen LogP contribution in [-0.2, 0) is 0 Å². The summed E-state index contributed by atoms with van der Waals surface area (Å²) in [6, 6.07) is -0.0274. The first-order chi connectivity index (χ1) is 13.5. The van der Waals surface area contributed by atoms with E-state index in [4.69, 9.17) is 9.98 Å². The van der Waals surface area contributed by atoms with Gasteiger partial charge in [-0.1, -0.05) is 6.42 Å². The van der Waals surface area contributed by atoms with Gasteiger partial charge in [0.25, 0.3) is 5.70 Å². The molecule has 3 N–H and O–H groups in total. The molecule has 2 aliphatic heterocycles. The van der Waals surface area contributed by atoms with E-state index in [2.05, 4.69) is 33.0 Å². The van der Waals surface area contributed by atoms with Crippen LogP contribution >= 0.6 is 0 Å². The molecule has 0 radical (unpaired) electrons. The van der Waals surface area contributed by atoms with Crippen molar-refractivity contribution in [3.63, 3.8) is 0 Å². The van der Waals surface area contributed by atoms with E-state index < -0.39 is 5.66 Å². The number of nitrogens with zero attached hydrogens (tertiary/aromatic N) is 4. The van der Waals surface area contributed by atoms with Crippen LogP contribution in [0, 0.1) is 10.1 Å². The molecule has 1 saturated carbocycles. The van der Waals surface area contributed by atoms with Crippen LogP contribution in [0.25, 0.3) is 0 Å². The first-order valence-electron chi connectivity index (χ1n) is 10.6. The molecule has 2 aliphatic carbocycles. The predicted octanol–water partition coefficient (Wildman–Crippen LogP) is 2.57. The van der Waals surface area contributed by atoms with Gasteiger partial charge in [-0.2, -0.15) is 0 Å². The lowest BCUT2D eigenvalue weighted by Crippen LogP contribution is -3.05. The SMILES string of the molecule is CC1(C)CC(N=C2C([N+](=O)[O-])=CC=C3C2=NC2(CCCCC2)N3O)CC(C)(C)[NH2+]1. The summed E-state index contributed by atoms with van der Waals surface area (Å²) in [7, 11) is 0. The zero-order valence-corrected chi connectivity index (χ0v) is 17.8. The molecule has 158 valence electrons. The first kappa shape index (κ1) is 20.2. The Bertz CT molecular complexity index is 830. The summed E-state index contributed by atoms with van der Waals surface area (Å²) in [6.45, 7) is 8.77. The number of quaternary nitrogens is 1. The third-order valence-electron chi connectivity index (χ3n) is 6.52. The van der Waals surface area contributed by atoms with Crippen molar-refractivity contribution >= 4 is 11.4 Å². The van der Waals surface area contributed by atoms with Crippen LogP contribution in [-0.4, -0.2) is 49.4 Å². The van der Waals surface area contributed by atoms with E-state index in [1.165, 1.54) is 11.1 Å². The highest BCUT2D eigenvalue weighted by Crippen LogP contribution is 2.42. The van der Waals surface area contributed by atoms with Gasteiger partial charge in [-0.05, 0) is 59.5 Å². The number of nitro groups is 1. The summed E-state index contributed by atoms with van der Waals surface area (Å²) in [5.41, 5.74) is 0.636. The molecule has 4 rings (SSSR count). The van der Waals surface area contributed by atoms with Crippen LogP contribution in [0.5, 0.6) is 0 Å². The van der Waals surface area contributed by atoms with Crippen molar-refractivity contribution in [2.75, 3.05) is 0 Å². The predicted molar refractivity (Wildman–Crippen MR) is 111 cm³/mol. The zero-order chi connectivity index (χ0) is 21.0. The van der Waals surface area contributed by atoms with Crippen molar-refractivity contribution < 1.29 is 15.4 Å². The van der Waals surface area contributed by atoms with Crippen LogP contribution < -0.4 is 5.32 Å². The summed E-state index contributed by atoms with van der Waals surface area (Å²) in [5, 5.41) is 26.3. The molecule has 29 heavy (non-hydrogen) atoms. The Labute approximate surface area is 171 Å². The van der Waals surface area contributed by atoms with Crippen molar-refractivity contribution in [3.8, 4) is 0 Å².